The zero-order valence-corrected chi connectivity index (χ0v) is 11.3. The van der Waals surface area contributed by atoms with Gasteiger partial charge in [0.1, 0.15) is 0 Å². The fourth-order valence-corrected chi connectivity index (χ4v) is 2.04. The van der Waals surface area contributed by atoms with Crippen LogP contribution in [0.25, 0.3) is 11.3 Å². The molecule has 0 spiro atoms. The lowest BCUT2D eigenvalue weighted by Gasteiger charge is -2.15. The maximum Gasteiger partial charge on any atom is 0.416 e. The van der Waals surface area contributed by atoms with Gasteiger partial charge in [-0.1, -0.05) is 0 Å². The normalized spacial score (nSPS) is 11.5. The van der Waals surface area contributed by atoms with Crippen LogP contribution in [0.15, 0.2) is 12.3 Å². The molecule has 0 unspecified atom stereocenters. The number of rotatable bonds is 2. The summed E-state index contributed by atoms with van der Waals surface area (Å²) in [5, 5.41) is 8.63. The van der Waals surface area contributed by atoms with Gasteiger partial charge in [-0.25, -0.2) is 22.0 Å². The highest BCUT2D eigenvalue weighted by Crippen LogP contribution is 2.38. The van der Waals surface area contributed by atoms with Gasteiger partial charge in [-0.2, -0.15) is 18.4 Å². The highest BCUT2D eigenvalue weighted by Gasteiger charge is 2.36. The van der Waals surface area contributed by atoms with Crippen LogP contribution in [0.3, 0.4) is 0 Å². The number of nitrogens with zero attached hydrogens (tertiary/aromatic N) is 2. The molecule has 0 N–H and O–H groups in total. The first-order valence-electron chi connectivity index (χ1n) is 6.05. The van der Waals surface area contributed by atoms with Gasteiger partial charge in [-0.3, -0.25) is 4.98 Å². The summed E-state index contributed by atoms with van der Waals surface area (Å²) in [5.41, 5.74) is -5.21. The van der Waals surface area contributed by atoms with Crippen LogP contribution >= 0.6 is 0 Å². The Bertz CT molecular complexity index is 822. The first-order valence-corrected chi connectivity index (χ1v) is 6.05. The van der Waals surface area contributed by atoms with E-state index in [4.69, 9.17) is 5.26 Å². The van der Waals surface area contributed by atoms with Crippen LogP contribution in [-0.2, 0) is 12.6 Å². The summed E-state index contributed by atoms with van der Waals surface area (Å²) in [6.07, 6.45) is -5.53. The quantitative estimate of drug-likeness (QED) is 0.452. The van der Waals surface area contributed by atoms with E-state index < -0.39 is 64.1 Å². The van der Waals surface area contributed by atoms with Gasteiger partial charge in [-0.05, 0) is 6.07 Å². The van der Waals surface area contributed by atoms with Crippen molar-refractivity contribution in [1.29, 1.82) is 5.26 Å². The fraction of sp³-hybridized carbons (Fsp3) is 0.143. The summed E-state index contributed by atoms with van der Waals surface area (Å²) >= 11 is 0. The second kappa shape index (κ2) is 6.07. The Balaban J connectivity index is 2.92. The molecule has 1 aromatic carbocycles. The molecule has 0 aliphatic heterocycles. The van der Waals surface area contributed by atoms with Crippen molar-refractivity contribution < 1.29 is 35.1 Å². The maximum absolute atomic E-state index is 13.8. The molecule has 2 aromatic rings. The van der Waals surface area contributed by atoms with E-state index in [-0.39, 0.29) is 0 Å². The third-order valence-electron chi connectivity index (χ3n) is 3.06. The first-order chi connectivity index (χ1) is 11.1. The summed E-state index contributed by atoms with van der Waals surface area (Å²) < 4.78 is 106. The number of hydrogen-bond donors (Lipinski definition) is 0. The standard InChI is InChI=1S/C14H4F8N2/c15-8-7(9(16)11(18)12(19)10(8)17)13-5(1-3-23)6(2-4-24-13)14(20,21)22/h2,4H,1H2. The Morgan fingerprint density at radius 2 is 1.42 bits per heavy atom. The molecule has 0 saturated carbocycles. The molecule has 0 radical (unpaired) electrons. The van der Waals surface area contributed by atoms with Crippen molar-refractivity contribution in [3.8, 4) is 17.3 Å². The van der Waals surface area contributed by atoms with Crippen LogP contribution < -0.4 is 0 Å². The van der Waals surface area contributed by atoms with Gasteiger partial charge < -0.3 is 0 Å². The van der Waals surface area contributed by atoms with Crippen LogP contribution in [-0.4, -0.2) is 4.98 Å². The fourth-order valence-electron chi connectivity index (χ4n) is 2.04. The third kappa shape index (κ3) is 2.77. The van der Waals surface area contributed by atoms with E-state index in [1.54, 1.807) is 0 Å². The van der Waals surface area contributed by atoms with Crippen LogP contribution in [0.2, 0.25) is 0 Å². The van der Waals surface area contributed by atoms with E-state index in [2.05, 4.69) is 4.98 Å². The molecule has 0 aliphatic rings. The molecule has 10 heteroatoms. The Morgan fingerprint density at radius 3 is 1.88 bits per heavy atom. The molecule has 2 nitrogen and oxygen atoms in total. The number of aromatic nitrogens is 1. The van der Waals surface area contributed by atoms with Gasteiger partial charge in [0.05, 0.1) is 29.3 Å². The molecular weight excluding hydrogens is 348 g/mol. The monoisotopic (exact) mass is 352 g/mol. The summed E-state index contributed by atoms with van der Waals surface area (Å²) in [6, 6.07) is 1.77. The lowest BCUT2D eigenvalue weighted by molar-refractivity contribution is -0.138. The number of nitriles is 1. The molecule has 2 rings (SSSR count). The van der Waals surface area contributed by atoms with Crippen molar-refractivity contribution in [2.75, 3.05) is 0 Å². The lowest BCUT2D eigenvalue weighted by Crippen LogP contribution is -2.13. The molecule has 24 heavy (non-hydrogen) atoms. The van der Waals surface area contributed by atoms with E-state index in [0.717, 1.165) is 0 Å². The lowest BCUT2D eigenvalue weighted by atomic mass is 9.97. The van der Waals surface area contributed by atoms with Crippen molar-refractivity contribution in [3.63, 3.8) is 0 Å². The molecule has 1 heterocycles. The Hall–Kier alpha value is -2.70. The van der Waals surface area contributed by atoms with Crippen LogP contribution in [0.4, 0.5) is 35.1 Å². The molecule has 1 aromatic heterocycles. The van der Waals surface area contributed by atoms with Crippen LogP contribution in [0, 0.1) is 40.4 Å². The molecule has 0 bridgehead atoms. The predicted molar refractivity (Wildman–Crippen MR) is 63.8 cm³/mol. The largest absolute Gasteiger partial charge is 0.416 e. The van der Waals surface area contributed by atoms with E-state index in [1.807, 2.05) is 0 Å². The Morgan fingerprint density at radius 1 is 0.917 bits per heavy atom. The van der Waals surface area contributed by atoms with Gasteiger partial charge in [0.15, 0.2) is 23.3 Å². The molecule has 0 amide bonds. The van der Waals surface area contributed by atoms with Crippen molar-refractivity contribution in [2.24, 2.45) is 0 Å². The van der Waals surface area contributed by atoms with Gasteiger partial charge in [0, 0.05) is 11.8 Å². The molecular formula is C14H4F8N2. The second-order valence-corrected chi connectivity index (χ2v) is 4.46. The minimum Gasteiger partial charge on any atom is -0.256 e. The van der Waals surface area contributed by atoms with E-state index >= 15 is 0 Å². The zero-order valence-electron chi connectivity index (χ0n) is 11.3. The first kappa shape index (κ1) is 17.7. The van der Waals surface area contributed by atoms with E-state index in [1.165, 1.54) is 6.07 Å². The second-order valence-electron chi connectivity index (χ2n) is 4.46. The van der Waals surface area contributed by atoms with Gasteiger partial charge >= 0.3 is 6.18 Å². The van der Waals surface area contributed by atoms with E-state index in [9.17, 15) is 35.1 Å². The number of alkyl halides is 3. The van der Waals surface area contributed by atoms with Crippen molar-refractivity contribution in [2.45, 2.75) is 12.6 Å². The number of benzene rings is 1. The number of pyridine rings is 1. The third-order valence-corrected chi connectivity index (χ3v) is 3.06. The van der Waals surface area contributed by atoms with Gasteiger partial charge in [-0.15, -0.1) is 0 Å². The van der Waals surface area contributed by atoms with Crippen molar-refractivity contribution in [1.82, 2.24) is 4.98 Å². The minimum atomic E-state index is -5.02. The average Bonchev–Trinajstić information content (AvgIpc) is 2.51. The summed E-state index contributed by atoms with van der Waals surface area (Å²) in [7, 11) is 0. The smallest absolute Gasteiger partial charge is 0.256 e. The van der Waals surface area contributed by atoms with Crippen LogP contribution in [0.5, 0.6) is 0 Å². The molecule has 0 saturated heterocycles. The summed E-state index contributed by atoms with van der Waals surface area (Å²) in [5.74, 6) is -11.8. The molecule has 0 fully saturated rings. The highest BCUT2D eigenvalue weighted by atomic mass is 19.4. The Kier molecular flexibility index (Phi) is 4.46. The predicted octanol–water partition coefficient (Wildman–Crippen LogP) is 4.53. The molecule has 126 valence electrons. The molecule has 0 aliphatic carbocycles. The number of hydrogen-bond acceptors (Lipinski definition) is 2. The van der Waals surface area contributed by atoms with Gasteiger partial charge in [0.25, 0.3) is 0 Å². The zero-order chi connectivity index (χ0) is 18.2. The van der Waals surface area contributed by atoms with Gasteiger partial charge in [0.2, 0.25) is 5.82 Å². The molecule has 0 atom stereocenters. The van der Waals surface area contributed by atoms with Crippen molar-refractivity contribution >= 4 is 0 Å². The number of halogens is 8. The summed E-state index contributed by atoms with van der Waals surface area (Å²) in [6.45, 7) is 0. The maximum atomic E-state index is 13.8. The van der Waals surface area contributed by atoms with Crippen molar-refractivity contribution in [3.05, 3.63) is 52.5 Å². The SMILES string of the molecule is N#CCc1c(C(F)(F)F)ccnc1-c1c(F)c(F)c(F)c(F)c1F. The van der Waals surface area contributed by atoms with E-state index in [0.29, 0.717) is 12.3 Å². The average molecular weight is 352 g/mol. The topological polar surface area (TPSA) is 36.7 Å². The summed E-state index contributed by atoms with van der Waals surface area (Å²) in [4.78, 5) is 3.29. The van der Waals surface area contributed by atoms with Crippen LogP contribution in [0.1, 0.15) is 11.1 Å². The minimum absolute atomic E-state index is 0.433. The Labute approximate surface area is 129 Å². The highest BCUT2D eigenvalue weighted by molar-refractivity contribution is 5.67.